The summed E-state index contributed by atoms with van der Waals surface area (Å²) in [5.74, 6) is 0.823. The molecule has 4 rings (SSSR count). The van der Waals surface area contributed by atoms with Crippen molar-refractivity contribution in [2.75, 3.05) is 14.2 Å². The molecule has 0 spiro atoms. The number of fused-ring (bicyclic) bond motifs is 1. The Morgan fingerprint density at radius 2 is 1.82 bits per heavy atom. The molecule has 0 aliphatic carbocycles. The van der Waals surface area contributed by atoms with E-state index in [1.807, 2.05) is 35.7 Å². The number of amides is 1. The molecule has 0 aromatic heterocycles. The van der Waals surface area contributed by atoms with E-state index in [4.69, 9.17) is 14.9 Å². The van der Waals surface area contributed by atoms with Gasteiger partial charge in [0.1, 0.15) is 5.84 Å². The van der Waals surface area contributed by atoms with E-state index >= 15 is 0 Å². The number of nitrogens with zero attached hydrogens (tertiary/aromatic N) is 2. The number of benzene rings is 2. The van der Waals surface area contributed by atoms with E-state index in [9.17, 15) is 4.79 Å². The van der Waals surface area contributed by atoms with Crippen molar-refractivity contribution in [1.29, 1.82) is 5.41 Å². The van der Waals surface area contributed by atoms with Crippen LogP contribution in [0.25, 0.3) is 11.8 Å². The predicted molar refractivity (Wildman–Crippen MR) is 112 cm³/mol. The molecule has 0 radical (unpaired) electrons. The summed E-state index contributed by atoms with van der Waals surface area (Å²) in [5, 5.41) is 11.1. The number of rotatable bonds is 4. The third-order valence-electron chi connectivity index (χ3n) is 4.40. The lowest BCUT2D eigenvalue weighted by Gasteiger charge is -2.27. The molecule has 2 aromatic rings. The van der Waals surface area contributed by atoms with Crippen molar-refractivity contribution in [3.63, 3.8) is 0 Å². The Kier molecular flexibility index (Phi) is 4.75. The van der Waals surface area contributed by atoms with E-state index in [0.717, 1.165) is 16.8 Å². The van der Waals surface area contributed by atoms with Crippen molar-refractivity contribution in [3.05, 3.63) is 70.6 Å². The lowest BCUT2D eigenvalue weighted by atomic mass is 10.1. The van der Waals surface area contributed by atoms with Crippen LogP contribution in [-0.2, 0) is 4.79 Å². The summed E-state index contributed by atoms with van der Waals surface area (Å²) >= 11 is 1.34. The average molecular weight is 391 g/mol. The lowest BCUT2D eigenvalue weighted by molar-refractivity contribution is -0.114. The molecule has 28 heavy (non-hydrogen) atoms. The van der Waals surface area contributed by atoms with Gasteiger partial charge in [-0.1, -0.05) is 48.2 Å². The first-order valence-electron chi connectivity index (χ1n) is 8.50. The molecule has 2 aliphatic rings. The van der Waals surface area contributed by atoms with Gasteiger partial charge in [0.2, 0.25) is 0 Å². The van der Waals surface area contributed by atoms with Gasteiger partial charge in [-0.3, -0.25) is 15.1 Å². The minimum absolute atomic E-state index is 0.102. The Bertz CT molecular complexity index is 1060. The maximum Gasteiger partial charge on any atom is 0.283 e. The van der Waals surface area contributed by atoms with Gasteiger partial charge in [0.05, 0.1) is 25.5 Å². The van der Waals surface area contributed by atoms with Gasteiger partial charge >= 0.3 is 0 Å². The first-order chi connectivity index (χ1) is 13.6. The zero-order valence-electron chi connectivity index (χ0n) is 15.3. The normalized spacial score (nSPS) is 17.4. The summed E-state index contributed by atoms with van der Waals surface area (Å²) in [6, 6.07) is 15.1. The largest absolute Gasteiger partial charge is 0.493 e. The van der Waals surface area contributed by atoms with E-state index in [1.165, 1.54) is 11.8 Å². The van der Waals surface area contributed by atoms with Crippen LogP contribution in [0.5, 0.6) is 11.5 Å². The van der Waals surface area contributed by atoms with Crippen molar-refractivity contribution in [3.8, 4) is 11.5 Å². The highest BCUT2D eigenvalue weighted by molar-refractivity contribution is 8.17. The number of hydrogen-bond acceptors (Lipinski definition) is 5. The Hall–Kier alpha value is -3.32. The molecular weight excluding hydrogens is 374 g/mol. The van der Waals surface area contributed by atoms with Crippen molar-refractivity contribution >= 4 is 40.4 Å². The number of nitrogens with one attached hydrogen (secondary N) is 1. The van der Waals surface area contributed by atoms with Crippen LogP contribution in [0.2, 0.25) is 0 Å². The molecule has 1 amide bonds. The van der Waals surface area contributed by atoms with E-state index < -0.39 is 5.91 Å². The average Bonchev–Trinajstić information content (AvgIpc) is 3.15. The summed E-state index contributed by atoms with van der Waals surface area (Å²) in [6.07, 6.45) is 1.65. The Labute approximate surface area is 166 Å². The van der Waals surface area contributed by atoms with Crippen LogP contribution in [-0.4, -0.2) is 36.0 Å². The summed E-state index contributed by atoms with van der Waals surface area (Å²) in [7, 11) is 3.12. The van der Waals surface area contributed by atoms with Gasteiger partial charge in [0.25, 0.3) is 5.91 Å². The maximum atomic E-state index is 12.6. The smallest absolute Gasteiger partial charge is 0.283 e. The van der Waals surface area contributed by atoms with Crippen molar-refractivity contribution in [1.82, 2.24) is 4.90 Å². The number of amidine groups is 2. The maximum absolute atomic E-state index is 12.6. The minimum Gasteiger partial charge on any atom is -0.493 e. The summed E-state index contributed by atoms with van der Waals surface area (Å²) in [5.41, 5.74) is 2.74. The van der Waals surface area contributed by atoms with Gasteiger partial charge in [-0.2, -0.15) is 4.99 Å². The Morgan fingerprint density at radius 1 is 1.07 bits per heavy atom. The number of aliphatic imine (C=N–C) groups is 1. The molecule has 2 heterocycles. The lowest BCUT2D eigenvalue weighted by Crippen LogP contribution is -2.38. The van der Waals surface area contributed by atoms with Crippen LogP contribution >= 0.6 is 11.8 Å². The highest BCUT2D eigenvalue weighted by Crippen LogP contribution is 2.37. The summed E-state index contributed by atoms with van der Waals surface area (Å²) < 4.78 is 10.6. The predicted octanol–water partition coefficient (Wildman–Crippen LogP) is 4.01. The topological polar surface area (TPSA) is 75.0 Å². The molecule has 2 aliphatic heterocycles. The molecular formula is C21H17N3O3S. The van der Waals surface area contributed by atoms with Crippen LogP contribution in [0, 0.1) is 5.41 Å². The van der Waals surface area contributed by atoms with Crippen molar-refractivity contribution < 1.29 is 14.3 Å². The summed E-state index contributed by atoms with van der Waals surface area (Å²) in [6.45, 7) is 0. The molecule has 2 aromatic carbocycles. The second-order valence-electron chi connectivity index (χ2n) is 6.04. The van der Waals surface area contributed by atoms with Crippen LogP contribution in [0.1, 0.15) is 11.1 Å². The van der Waals surface area contributed by atoms with Crippen LogP contribution in [0.15, 0.2) is 64.5 Å². The molecule has 0 bridgehead atoms. The molecule has 1 N–H and O–H groups in total. The second-order valence-corrected chi connectivity index (χ2v) is 6.88. The molecule has 0 fully saturated rings. The molecule has 7 heteroatoms. The molecule has 6 nitrogen and oxygen atoms in total. The molecule has 140 valence electrons. The van der Waals surface area contributed by atoms with Gasteiger partial charge < -0.3 is 9.47 Å². The third-order valence-corrected chi connectivity index (χ3v) is 5.23. The fourth-order valence-electron chi connectivity index (χ4n) is 3.02. The fourth-order valence-corrected chi connectivity index (χ4v) is 3.91. The van der Waals surface area contributed by atoms with Gasteiger partial charge in [0.15, 0.2) is 16.7 Å². The zero-order chi connectivity index (χ0) is 19.7. The monoisotopic (exact) mass is 391 g/mol. The van der Waals surface area contributed by atoms with Gasteiger partial charge in [0, 0.05) is 5.41 Å². The van der Waals surface area contributed by atoms with Crippen molar-refractivity contribution in [2.45, 2.75) is 0 Å². The third kappa shape index (κ3) is 3.10. The SMILES string of the molecule is COc1ccc(/C=C2\C(=N)N3C(c4ccccc4)=CSC3=NC2=O)cc1OC. The van der Waals surface area contributed by atoms with E-state index in [2.05, 4.69) is 4.99 Å². The highest BCUT2D eigenvalue weighted by atomic mass is 32.2. The van der Waals surface area contributed by atoms with E-state index in [1.54, 1.807) is 43.4 Å². The second kappa shape index (κ2) is 7.36. The van der Waals surface area contributed by atoms with Gasteiger partial charge in [-0.25, -0.2) is 0 Å². The number of carbonyl (C=O) groups excluding carboxylic acids is 1. The van der Waals surface area contributed by atoms with Crippen LogP contribution in [0.3, 0.4) is 0 Å². The molecule has 0 unspecified atom stereocenters. The number of methoxy groups -OCH3 is 2. The van der Waals surface area contributed by atoms with Crippen LogP contribution in [0.4, 0.5) is 0 Å². The number of thioether (sulfide) groups is 1. The standard InChI is InChI=1S/C21H17N3O3S/c1-26-17-9-8-13(11-18(17)27-2)10-15-19(22)24-16(14-6-4-3-5-7-14)12-28-21(24)23-20(15)25/h3-12,22H,1-2H3/b15-10+,22-19?. The van der Waals surface area contributed by atoms with Gasteiger partial charge in [-0.15, -0.1) is 0 Å². The summed E-state index contributed by atoms with van der Waals surface area (Å²) in [4.78, 5) is 18.4. The molecule has 0 saturated heterocycles. The van der Waals surface area contributed by atoms with Crippen LogP contribution < -0.4 is 9.47 Å². The van der Waals surface area contributed by atoms with Gasteiger partial charge in [-0.05, 0) is 29.3 Å². The highest BCUT2D eigenvalue weighted by Gasteiger charge is 2.36. The van der Waals surface area contributed by atoms with E-state index in [-0.39, 0.29) is 11.4 Å². The first kappa shape index (κ1) is 18.1. The van der Waals surface area contributed by atoms with Crippen molar-refractivity contribution in [2.24, 2.45) is 4.99 Å². The Balaban J connectivity index is 1.72. The first-order valence-corrected chi connectivity index (χ1v) is 9.38. The molecule has 0 saturated carbocycles. The quantitative estimate of drug-likeness (QED) is 0.797. The fraction of sp³-hybridized carbons (Fsp3) is 0.0952. The minimum atomic E-state index is -0.429. The number of hydrogen-bond donors (Lipinski definition) is 1. The van der Waals surface area contributed by atoms with E-state index in [0.29, 0.717) is 16.7 Å². The number of carbonyl (C=O) groups is 1. The zero-order valence-corrected chi connectivity index (χ0v) is 16.1. The molecule has 0 atom stereocenters. The Morgan fingerprint density at radius 3 is 2.54 bits per heavy atom. The number of ether oxygens (including phenoxy) is 2.